The van der Waals surface area contributed by atoms with E-state index < -0.39 is 17.8 Å². The fourth-order valence-corrected chi connectivity index (χ4v) is 5.10. The van der Waals surface area contributed by atoms with E-state index in [9.17, 15) is 14.4 Å². The maximum absolute atomic E-state index is 13.4. The van der Waals surface area contributed by atoms with Crippen molar-refractivity contribution in [1.82, 2.24) is 5.32 Å². The Morgan fingerprint density at radius 1 is 0.857 bits per heavy atom. The van der Waals surface area contributed by atoms with Crippen LogP contribution in [0, 0.1) is 3.57 Å². The van der Waals surface area contributed by atoms with Crippen molar-refractivity contribution >= 4 is 63.8 Å². The number of ether oxygens (including phenoxy) is 3. The normalized spacial score (nSPS) is 14.1. The second kappa shape index (κ2) is 13.1. The third-order valence-corrected chi connectivity index (χ3v) is 7.36. The van der Waals surface area contributed by atoms with Crippen LogP contribution in [0.4, 0.5) is 10.5 Å². The molecule has 1 aliphatic rings. The van der Waals surface area contributed by atoms with Crippen LogP contribution in [-0.2, 0) is 22.8 Å². The van der Waals surface area contributed by atoms with Crippen LogP contribution in [0.5, 0.6) is 17.2 Å². The van der Waals surface area contributed by atoms with E-state index in [0.717, 1.165) is 16.0 Å². The van der Waals surface area contributed by atoms with Crippen molar-refractivity contribution in [3.8, 4) is 17.2 Å². The molecule has 0 bridgehead atoms. The minimum absolute atomic E-state index is 0.202. The van der Waals surface area contributed by atoms with Gasteiger partial charge in [0.15, 0.2) is 11.5 Å². The maximum Gasteiger partial charge on any atom is 0.335 e. The summed E-state index contributed by atoms with van der Waals surface area (Å²) in [7, 11) is 1.50. The Labute approximate surface area is 261 Å². The van der Waals surface area contributed by atoms with Crippen LogP contribution in [0.15, 0.2) is 96.6 Å². The molecule has 4 amide bonds. The maximum atomic E-state index is 13.4. The highest BCUT2D eigenvalue weighted by molar-refractivity contribution is 14.1. The smallest absolute Gasteiger partial charge is 0.335 e. The average Bonchev–Trinajstić information content (AvgIpc) is 2.99. The van der Waals surface area contributed by atoms with E-state index >= 15 is 0 Å². The molecule has 0 saturated carbocycles. The summed E-state index contributed by atoms with van der Waals surface area (Å²) in [5.41, 5.74) is 2.54. The van der Waals surface area contributed by atoms with Gasteiger partial charge < -0.3 is 14.2 Å². The van der Waals surface area contributed by atoms with E-state index in [-0.39, 0.29) is 12.2 Å². The topological polar surface area (TPSA) is 94.2 Å². The van der Waals surface area contributed by atoms with Crippen LogP contribution in [0.2, 0.25) is 5.02 Å². The van der Waals surface area contributed by atoms with Crippen LogP contribution in [0.3, 0.4) is 0 Å². The third-order valence-electron chi connectivity index (χ3n) is 6.30. The van der Waals surface area contributed by atoms with Crippen LogP contribution in [0.25, 0.3) is 6.08 Å². The van der Waals surface area contributed by atoms with Gasteiger partial charge in [0, 0.05) is 5.02 Å². The monoisotopic (exact) mass is 694 g/mol. The molecule has 0 atom stereocenters. The summed E-state index contributed by atoms with van der Waals surface area (Å²) in [5, 5.41) is 2.88. The first-order valence-electron chi connectivity index (χ1n) is 12.8. The molecule has 1 fully saturated rings. The number of methoxy groups -OCH3 is 1. The number of hydrogen-bond acceptors (Lipinski definition) is 6. The molecular weight excluding hydrogens is 671 g/mol. The summed E-state index contributed by atoms with van der Waals surface area (Å²) < 4.78 is 18.1. The molecule has 10 heteroatoms. The Kier molecular flexibility index (Phi) is 9.09. The first-order chi connectivity index (χ1) is 20.3. The number of halogens is 2. The number of carbonyl (C=O) groups excluding carboxylic acids is 3. The van der Waals surface area contributed by atoms with Gasteiger partial charge in [0.1, 0.15) is 24.5 Å². The number of imide groups is 2. The Hall–Kier alpha value is -4.35. The van der Waals surface area contributed by atoms with E-state index in [0.29, 0.717) is 43.7 Å². The number of benzene rings is 4. The largest absolute Gasteiger partial charge is 0.493 e. The number of urea groups is 1. The Bertz CT molecular complexity index is 1660. The number of carbonyl (C=O) groups is 3. The van der Waals surface area contributed by atoms with Crippen LogP contribution in [0.1, 0.15) is 16.7 Å². The zero-order valence-corrected chi connectivity index (χ0v) is 25.2. The number of nitrogens with one attached hydrogen (secondary N) is 1. The summed E-state index contributed by atoms with van der Waals surface area (Å²) in [5.74, 6) is -0.0365. The van der Waals surface area contributed by atoms with Crippen molar-refractivity contribution in [1.29, 1.82) is 0 Å². The molecule has 0 spiro atoms. The Morgan fingerprint density at radius 3 is 2.21 bits per heavy atom. The molecule has 0 radical (unpaired) electrons. The van der Waals surface area contributed by atoms with Crippen molar-refractivity contribution in [3.63, 3.8) is 0 Å². The predicted octanol–water partition coefficient (Wildman–Crippen LogP) is 6.78. The third kappa shape index (κ3) is 6.75. The zero-order chi connectivity index (χ0) is 29.6. The van der Waals surface area contributed by atoms with Gasteiger partial charge in [-0.3, -0.25) is 14.9 Å². The number of barbiturate groups is 1. The van der Waals surface area contributed by atoms with Crippen molar-refractivity contribution in [2.24, 2.45) is 0 Å². The van der Waals surface area contributed by atoms with E-state index in [4.69, 9.17) is 25.8 Å². The molecule has 0 unspecified atom stereocenters. The van der Waals surface area contributed by atoms with Crippen LogP contribution >= 0.6 is 34.2 Å². The Balaban J connectivity index is 1.34. The minimum atomic E-state index is -0.835. The van der Waals surface area contributed by atoms with Gasteiger partial charge in [-0.25, -0.2) is 9.69 Å². The lowest BCUT2D eigenvalue weighted by atomic mass is 10.1. The summed E-state index contributed by atoms with van der Waals surface area (Å²) >= 11 is 8.06. The van der Waals surface area contributed by atoms with Crippen molar-refractivity contribution < 1.29 is 28.6 Å². The molecular formula is C32H24ClIN2O6. The number of nitrogens with zero attached hydrogens (tertiary/aromatic N) is 1. The summed E-state index contributed by atoms with van der Waals surface area (Å²) in [6.45, 7) is 0.663. The summed E-state index contributed by atoms with van der Waals surface area (Å²) in [6, 6.07) is 26.1. The molecule has 1 saturated heterocycles. The molecule has 8 nitrogen and oxygen atoms in total. The average molecular weight is 695 g/mol. The molecule has 0 aromatic heterocycles. The van der Waals surface area contributed by atoms with Gasteiger partial charge in [-0.15, -0.1) is 0 Å². The molecule has 1 heterocycles. The van der Waals surface area contributed by atoms with Gasteiger partial charge in [-0.1, -0.05) is 54.1 Å². The second-order valence-corrected chi connectivity index (χ2v) is 10.8. The molecule has 1 aliphatic heterocycles. The SMILES string of the molecule is COc1cc(/C=C2\C(=O)NC(=O)N(c3ccc(OCc4ccccc4)cc3)C2=O)cc(I)c1OCc1ccc(Cl)cc1. The van der Waals surface area contributed by atoms with Crippen LogP contribution in [-0.4, -0.2) is 25.0 Å². The molecule has 1 N–H and O–H groups in total. The molecule has 0 aliphatic carbocycles. The molecule has 42 heavy (non-hydrogen) atoms. The first-order valence-corrected chi connectivity index (χ1v) is 14.2. The standard InChI is InChI=1S/C32H24ClIN2O6/c1-40-28-17-22(16-27(34)29(28)42-19-21-7-9-23(33)10-8-21)15-26-30(37)35-32(39)36(31(26)38)24-11-13-25(14-12-24)41-18-20-5-3-2-4-6-20/h2-17H,18-19H2,1H3,(H,35,37,39)/b26-15+. The highest BCUT2D eigenvalue weighted by Crippen LogP contribution is 2.36. The lowest BCUT2D eigenvalue weighted by Crippen LogP contribution is -2.54. The number of hydrogen-bond donors (Lipinski definition) is 1. The lowest BCUT2D eigenvalue weighted by molar-refractivity contribution is -0.122. The highest BCUT2D eigenvalue weighted by atomic mass is 127. The summed E-state index contributed by atoms with van der Waals surface area (Å²) in [6.07, 6.45) is 1.42. The van der Waals surface area contributed by atoms with E-state index in [2.05, 4.69) is 27.9 Å². The van der Waals surface area contributed by atoms with E-state index in [1.165, 1.54) is 13.2 Å². The fourth-order valence-electron chi connectivity index (χ4n) is 4.19. The van der Waals surface area contributed by atoms with Gasteiger partial charge in [0.25, 0.3) is 11.8 Å². The molecule has 5 rings (SSSR count). The number of anilines is 1. The molecule has 4 aromatic rings. The molecule has 4 aromatic carbocycles. The minimum Gasteiger partial charge on any atom is -0.493 e. The van der Waals surface area contributed by atoms with Gasteiger partial charge in [-0.2, -0.15) is 0 Å². The van der Waals surface area contributed by atoms with Gasteiger partial charge in [0.05, 0.1) is 16.4 Å². The van der Waals surface area contributed by atoms with Crippen molar-refractivity contribution in [2.45, 2.75) is 13.2 Å². The quantitative estimate of drug-likeness (QED) is 0.118. The number of amides is 4. The molecule has 212 valence electrons. The summed E-state index contributed by atoms with van der Waals surface area (Å²) in [4.78, 5) is 39.7. The first kappa shape index (κ1) is 29.2. The van der Waals surface area contributed by atoms with Gasteiger partial charge in [0.2, 0.25) is 0 Å². The van der Waals surface area contributed by atoms with Crippen LogP contribution < -0.4 is 24.4 Å². The predicted molar refractivity (Wildman–Crippen MR) is 168 cm³/mol. The highest BCUT2D eigenvalue weighted by Gasteiger charge is 2.37. The lowest BCUT2D eigenvalue weighted by Gasteiger charge is -2.26. The Morgan fingerprint density at radius 2 is 1.52 bits per heavy atom. The van der Waals surface area contributed by atoms with Gasteiger partial charge in [-0.05, 0) is 93.9 Å². The van der Waals surface area contributed by atoms with Crippen molar-refractivity contribution in [3.05, 3.63) is 122 Å². The van der Waals surface area contributed by atoms with Gasteiger partial charge >= 0.3 is 6.03 Å². The second-order valence-electron chi connectivity index (χ2n) is 9.18. The van der Waals surface area contributed by atoms with E-state index in [1.807, 2.05) is 42.5 Å². The fraction of sp³-hybridized carbons (Fsp3) is 0.0938. The van der Waals surface area contributed by atoms with E-state index in [1.54, 1.807) is 48.5 Å². The van der Waals surface area contributed by atoms with Crippen molar-refractivity contribution in [2.75, 3.05) is 12.0 Å². The zero-order valence-electron chi connectivity index (χ0n) is 22.3. The number of rotatable bonds is 9.